The van der Waals surface area contributed by atoms with Crippen LogP contribution in [0.1, 0.15) is 44.7 Å². The molecule has 0 bridgehead atoms. The molecule has 2 aromatic rings. The van der Waals surface area contributed by atoms with Gasteiger partial charge in [-0.05, 0) is 55.7 Å². The Bertz CT molecular complexity index is 999. The number of Topliss-reactive ketones (excluding diaryl/α,β-unsaturated/α-hetero) is 1. The molecule has 1 aliphatic heterocycles. The number of ketones is 1. The molecule has 1 saturated heterocycles. The summed E-state index contributed by atoms with van der Waals surface area (Å²) in [5.74, 6) is -1.43. The molecular formula is C23H24N2O5. The molecule has 0 unspecified atom stereocenters. The third-order valence-electron chi connectivity index (χ3n) is 5.08. The van der Waals surface area contributed by atoms with E-state index in [2.05, 4.69) is 5.32 Å². The molecule has 156 valence electrons. The van der Waals surface area contributed by atoms with Crippen LogP contribution in [-0.4, -0.2) is 43.3 Å². The minimum Gasteiger partial charge on any atom is -0.456 e. The summed E-state index contributed by atoms with van der Waals surface area (Å²) in [6.45, 7) is 3.72. The summed E-state index contributed by atoms with van der Waals surface area (Å²) in [6, 6.07) is 12.0. The first-order valence-electron chi connectivity index (χ1n) is 9.80. The van der Waals surface area contributed by atoms with Crippen LogP contribution in [0.15, 0.2) is 42.5 Å². The molecule has 2 amide bonds. The van der Waals surface area contributed by atoms with E-state index in [1.54, 1.807) is 41.3 Å². The van der Waals surface area contributed by atoms with Gasteiger partial charge in [-0.15, -0.1) is 0 Å². The molecule has 7 nitrogen and oxygen atoms in total. The first kappa shape index (κ1) is 21.2. The number of esters is 1. The van der Waals surface area contributed by atoms with Crippen molar-refractivity contribution in [3.8, 4) is 0 Å². The standard InChI is InChI=1S/C23H24N2O5/c1-15-8-9-18(11-16(15)2)23(29)24-13-22(28)30-14-20(26)17-5-3-6-19(12-17)25-10-4-7-21(25)27/h3,5-6,8-9,11-12H,4,7,10,13-14H2,1-2H3,(H,24,29). The van der Waals surface area contributed by atoms with Gasteiger partial charge in [-0.2, -0.15) is 0 Å². The summed E-state index contributed by atoms with van der Waals surface area (Å²) in [5.41, 5.74) is 3.53. The number of hydrogen-bond donors (Lipinski definition) is 1. The number of hydrogen-bond acceptors (Lipinski definition) is 5. The van der Waals surface area contributed by atoms with Crippen molar-refractivity contribution < 1.29 is 23.9 Å². The third kappa shape index (κ3) is 5.11. The number of anilines is 1. The van der Waals surface area contributed by atoms with E-state index in [-0.39, 0.29) is 24.1 Å². The van der Waals surface area contributed by atoms with Gasteiger partial charge in [0.15, 0.2) is 12.4 Å². The Balaban J connectivity index is 1.49. The van der Waals surface area contributed by atoms with Gasteiger partial charge >= 0.3 is 5.97 Å². The van der Waals surface area contributed by atoms with Gasteiger partial charge in [-0.1, -0.05) is 18.2 Å². The fraction of sp³-hybridized carbons (Fsp3) is 0.304. The lowest BCUT2D eigenvalue weighted by Gasteiger charge is -2.16. The van der Waals surface area contributed by atoms with E-state index in [0.29, 0.717) is 29.8 Å². The van der Waals surface area contributed by atoms with Crippen molar-refractivity contribution in [2.45, 2.75) is 26.7 Å². The van der Waals surface area contributed by atoms with Gasteiger partial charge in [0.2, 0.25) is 5.91 Å². The molecule has 1 aliphatic rings. The summed E-state index contributed by atoms with van der Waals surface area (Å²) in [7, 11) is 0. The summed E-state index contributed by atoms with van der Waals surface area (Å²) in [5, 5.41) is 2.49. The monoisotopic (exact) mass is 408 g/mol. The van der Waals surface area contributed by atoms with Crippen molar-refractivity contribution >= 4 is 29.3 Å². The zero-order valence-corrected chi connectivity index (χ0v) is 17.1. The predicted octanol–water partition coefficient (Wildman–Crippen LogP) is 2.59. The second kappa shape index (κ2) is 9.35. The Kier molecular flexibility index (Phi) is 6.61. The number of carbonyl (C=O) groups is 4. The van der Waals surface area contributed by atoms with E-state index in [1.165, 1.54) is 0 Å². The lowest BCUT2D eigenvalue weighted by Crippen LogP contribution is -2.31. The van der Waals surface area contributed by atoms with Crippen molar-refractivity contribution in [3.05, 3.63) is 64.7 Å². The first-order chi connectivity index (χ1) is 14.3. The second-order valence-corrected chi connectivity index (χ2v) is 7.26. The average molecular weight is 408 g/mol. The fourth-order valence-electron chi connectivity index (χ4n) is 3.19. The molecule has 2 aromatic carbocycles. The summed E-state index contributed by atoms with van der Waals surface area (Å²) in [4.78, 5) is 49.9. The minimum atomic E-state index is -0.702. The number of ether oxygens (including phenoxy) is 1. The van der Waals surface area contributed by atoms with Gasteiger partial charge < -0.3 is 15.0 Å². The van der Waals surface area contributed by atoms with Gasteiger partial charge in [-0.3, -0.25) is 19.2 Å². The van der Waals surface area contributed by atoms with Crippen LogP contribution in [0.2, 0.25) is 0 Å². The molecule has 0 radical (unpaired) electrons. The van der Waals surface area contributed by atoms with Crippen molar-refractivity contribution in [2.75, 3.05) is 24.6 Å². The van der Waals surface area contributed by atoms with Crippen molar-refractivity contribution in [1.29, 1.82) is 0 Å². The maximum Gasteiger partial charge on any atom is 0.325 e. The Morgan fingerprint density at radius 2 is 1.83 bits per heavy atom. The summed E-state index contributed by atoms with van der Waals surface area (Å²) in [6.07, 6.45) is 1.30. The van der Waals surface area contributed by atoms with E-state index in [9.17, 15) is 19.2 Å². The normalized spacial score (nSPS) is 13.3. The maximum atomic E-state index is 12.4. The maximum absolute atomic E-state index is 12.4. The van der Waals surface area contributed by atoms with Gasteiger partial charge in [0.1, 0.15) is 6.54 Å². The van der Waals surface area contributed by atoms with Gasteiger partial charge in [0.05, 0.1) is 0 Å². The van der Waals surface area contributed by atoms with Crippen molar-refractivity contribution in [3.63, 3.8) is 0 Å². The molecule has 0 saturated carbocycles. The molecule has 0 aliphatic carbocycles. The largest absolute Gasteiger partial charge is 0.456 e. The van der Waals surface area contributed by atoms with Crippen LogP contribution >= 0.6 is 0 Å². The number of amides is 2. The number of nitrogens with zero attached hydrogens (tertiary/aromatic N) is 1. The topological polar surface area (TPSA) is 92.8 Å². The van der Waals surface area contributed by atoms with E-state index < -0.39 is 12.6 Å². The number of carbonyl (C=O) groups excluding carboxylic acids is 4. The van der Waals surface area contributed by atoms with Gasteiger partial charge in [0.25, 0.3) is 5.91 Å². The summed E-state index contributed by atoms with van der Waals surface area (Å²) >= 11 is 0. The molecule has 0 aromatic heterocycles. The third-order valence-corrected chi connectivity index (χ3v) is 5.08. The molecule has 0 atom stereocenters. The minimum absolute atomic E-state index is 0.0329. The van der Waals surface area contributed by atoms with E-state index in [4.69, 9.17) is 4.74 Å². The van der Waals surface area contributed by atoms with Crippen LogP contribution < -0.4 is 10.2 Å². The molecule has 1 fully saturated rings. The SMILES string of the molecule is Cc1ccc(C(=O)NCC(=O)OCC(=O)c2cccc(N3CCCC3=O)c2)cc1C. The predicted molar refractivity (Wildman–Crippen MR) is 112 cm³/mol. The Hall–Kier alpha value is -3.48. The fourth-order valence-corrected chi connectivity index (χ4v) is 3.19. The zero-order chi connectivity index (χ0) is 21.7. The van der Waals surface area contributed by atoms with Crippen LogP contribution in [0.25, 0.3) is 0 Å². The number of benzene rings is 2. The average Bonchev–Trinajstić information content (AvgIpc) is 3.18. The van der Waals surface area contributed by atoms with Gasteiger partial charge in [-0.25, -0.2) is 0 Å². The Labute approximate surface area is 175 Å². The number of aryl methyl sites for hydroxylation is 2. The lowest BCUT2D eigenvalue weighted by atomic mass is 10.1. The van der Waals surface area contributed by atoms with Crippen molar-refractivity contribution in [1.82, 2.24) is 5.32 Å². The highest BCUT2D eigenvalue weighted by atomic mass is 16.5. The molecule has 1 heterocycles. The van der Waals surface area contributed by atoms with E-state index in [0.717, 1.165) is 17.5 Å². The number of rotatable bonds is 7. The highest BCUT2D eigenvalue weighted by molar-refractivity contribution is 6.01. The smallest absolute Gasteiger partial charge is 0.325 e. The van der Waals surface area contributed by atoms with Gasteiger partial charge in [0, 0.05) is 29.8 Å². The first-order valence-corrected chi connectivity index (χ1v) is 9.80. The molecule has 0 spiro atoms. The lowest BCUT2D eigenvalue weighted by molar-refractivity contribution is -0.141. The Morgan fingerprint density at radius 1 is 1.03 bits per heavy atom. The molecular weight excluding hydrogens is 384 g/mol. The zero-order valence-electron chi connectivity index (χ0n) is 17.1. The molecule has 3 rings (SSSR count). The number of nitrogens with one attached hydrogen (secondary N) is 1. The quantitative estimate of drug-likeness (QED) is 0.562. The van der Waals surface area contributed by atoms with Crippen molar-refractivity contribution in [2.24, 2.45) is 0 Å². The van der Waals surface area contributed by atoms with Crippen LogP contribution in [0.4, 0.5) is 5.69 Å². The van der Waals surface area contributed by atoms with E-state index >= 15 is 0 Å². The van der Waals surface area contributed by atoms with Crippen LogP contribution in [-0.2, 0) is 14.3 Å². The molecule has 7 heteroatoms. The second-order valence-electron chi connectivity index (χ2n) is 7.26. The van der Waals surface area contributed by atoms with Crippen LogP contribution in [0.5, 0.6) is 0 Å². The van der Waals surface area contributed by atoms with E-state index in [1.807, 2.05) is 19.9 Å². The molecule has 1 N–H and O–H groups in total. The summed E-state index contributed by atoms with van der Waals surface area (Å²) < 4.78 is 4.99. The van der Waals surface area contributed by atoms with Crippen LogP contribution in [0.3, 0.4) is 0 Å². The molecule has 30 heavy (non-hydrogen) atoms. The van der Waals surface area contributed by atoms with Crippen LogP contribution in [0, 0.1) is 13.8 Å². The Morgan fingerprint density at radius 3 is 2.53 bits per heavy atom. The highest BCUT2D eigenvalue weighted by Gasteiger charge is 2.22. The highest BCUT2D eigenvalue weighted by Crippen LogP contribution is 2.22.